The number of benzene rings is 1. The third-order valence-electron chi connectivity index (χ3n) is 3.90. The van der Waals surface area contributed by atoms with Crippen LogP contribution in [0.5, 0.6) is 0 Å². The van der Waals surface area contributed by atoms with Crippen molar-refractivity contribution < 1.29 is 5.11 Å². The molecule has 0 saturated carbocycles. The minimum absolute atomic E-state index is 0.127. The molecule has 0 aliphatic heterocycles. The SMILES string of the molecule is CCC(CC)C(O)CNCc1nc2ccccc2c(=O)[nH]1. The molecule has 0 amide bonds. The smallest absolute Gasteiger partial charge is 0.258 e. The van der Waals surface area contributed by atoms with E-state index in [0.29, 0.717) is 35.7 Å². The van der Waals surface area contributed by atoms with Crippen LogP contribution in [0.4, 0.5) is 0 Å². The summed E-state index contributed by atoms with van der Waals surface area (Å²) in [6.07, 6.45) is 1.56. The lowest BCUT2D eigenvalue weighted by molar-refractivity contribution is 0.101. The van der Waals surface area contributed by atoms with Gasteiger partial charge in [0.05, 0.1) is 23.6 Å². The first kappa shape index (κ1) is 15.7. The largest absolute Gasteiger partial charge is 0.392 e. The second-order valence-corrected chi connectivity index (χ2v) is 5.30. The third-order valence-corrected chi connectivity index (χ3v) is 3.90. The van der Waals surface area contributed by atoms with Gasteiger partial charge in [-0.15, -0.1) is 0 Å². The molecule has 5 nitrogen and oxygen atoms in total. The number of hydrogen-bond acceptors (Lipinski definition) is 4. The lowest BCUT2D eigenvalue weighted by atomic mass is 9.97. The quantitative estimate of drug-likeness (QED) is 0.726. The lowest BCUT2D eigenvalue weighted by Crippen LogP contribution is -2.33. The zero-order valence-electron chi connectivity index (χ0n) is 12.6. The van der Waals surface area contributed by atoms with Crippen molar-refractivity contribution in [1.82, 2.24) is 15.3 Å². The topological polar surface area (TPSA) is 78.0 Å². The number of aliphatic hydroxyl groups is 1. The molecular weight excluding hydrogens is 266 g/mol. The van der Waals surface area contributed by atoms with Crippen molar-refractivity contribution in [3.8, 4) is 0 Å². The Morgan fingerprint density at radius 1 is 1.29 bits per heavy atom. The minimum atomic E-state index is -0.368. The first-order chi connectivity index (χ1) is 10.2. The van der Waals surface area contributed by atoms with E-state index in [-0.39, 0.29) is 11.7 Å². The number of H-pyrrole nitrogens is 1. The highest BCUT2D eigenvalue weighted by molar-refractivity contribution is 5.77. The van der Waals surface area contributed by atoms with Crippen LogP contribution in [0.2, 0.25) is 0 Å². The number of rotatable bonds is 7. The van der Waals surface area contributed by atoms with Crippen molar-refractivity contribution in [3.63, 3.8) is 0 Å². The molecule has 3 N–H and O–H groups in total. The van der Waals surface area contributed by atoms with Gasteiger partial charge in [0.2, 0.25) is 0 Å². The van der Waals surface area contributed by atoms with Gasteiger partial charge in [-0.05, 0) is 18.1 Å². The fraction of sp³-hybridized carbons (Fsp3) is 0.500. The molecule has 0 aliphatic rings. The Labute approximate surface area is 124 Å². The van der Waals surface area contributed by atoms with E-state index >= 15 is 0 Å². The Hall–Kier alpha value is -1.72. The van der Waals surface area contributed by atoms with E-state index in [0.717, 1.165) is 12.8 Å². The van der Waals surface area contributed by atoms with Crippen LogP contribution in [0.3, 0.4) is 0 Å². The lowest BCUT2D eigenvalue weighted by Gasteiger charge is -2.20. The van der Waals surface area contributed by atoms with Crippen molar-refractivity contribution in [2.24, 2.45) is 5.92 Å². The normalized spacial score (nSPS) is 13.0. The van der Waals surface area contributed by atoms with Gasteiger partial charge in [-0.2, -0.15) is 0 Å². The summed E-state index contributed by atoms with van der Waals surface area (Å²) in [5.74, 6) is 0.900. The van der Waals surface area contributed by atoms with Crippen LogP contribution in [-0.4, -0.2) is 27.7 Å². The van der Waals surface area contributed by atoms with Crippen LogP contribution >= 0.6 is 0 Å². The van der Waals surface area contributed by atoms with Gasteiger partial charge in [0.25, 0.3) is 5.56 Å². The van der Waals surface area contributed by atoms with Crippen molar-refractivity contribution >= 4 is 10.9 Å². The van der Waals surface area contributed by atoms with Gasteiger partial charge >= 0.3 is 0 Å². The maximum Gasteiger partial charge on any atom is 0.258 e. The maximum absolute atomic E-state index is 11.9. The molecule has 2 aromatic rings. The van der Waals surface area contributed by atoms with Gasteiger partial charge in [0, 0.05) is 6.54 Å². The van der Waals surface area contributed by atoms with E-state index in [1.165, 1.54) is 0 Å². The van der Waals surface area contributed by atoms with Gasteiger partial charge in [-0.1, -0.05) is 38.8 Å². The first-order valence-electron chi connectivity index (χ1n) is 7.52. The van der Waals surface area contributed by atoms with E-state index < -0.39 is 0 Å². The molecule has 0 bridgehead atoms. The highest BCUT2D eigenvalue weighted by atomic mass is 16.3. The van der Waals surface area contributed by atoms with E-state index in [2.05, 4.69) is 29.1 Å². The van der Waals surface area contributed by atoms with Crippen molar-refractivity contribution in [3.05, 3.63) is 40.4 Å². The van der Waals surface area contributed by atoms with Crippen molar-refractivity contribution in [2.45, 2.75) is 39.3 Å². The second-order valence-electron chi connectivity index (χ2n) is 5.30. The molecule has 5 heteroatoms. The summed E-state index contributed by atoms with van der Waals surface area (Å²) in [7, 11) is 0. The zero-order chi connectivity index (χ0) is 15.2. The standard InChI is InChI=1S/C16H23N3O2/c1-3-11(4-2)14(20)9-17-10-15-18-13-8-6-5-7-12(13)16(21)19-15/h5-8,11,14,17,20H,3-4,9-10H2,1-2H3,(H,18,19,21). The first-order valence-corrected chi connectivity index (χ1v) is 7.52. The second kappa shape index (κ2) is 7.33. The summed E-state index contributed by atoms with van der Waals surface area (Å²) in [4.78, 5) is 19.1. The summed E-state index contributed by atoms with van der Waals surface area (Å²) < 4.78 is 0. The van der Waals surface area contributed by atoms with Crippen LogP contribution < -0.4 is 10.9 Å². The number of aliphatic hydroxyl groups excluding tert-OH is 1. The Morgan fingerprint density at radius 2 is 2.00 bits per heavy atom. The molecule has 0 aliphatic carbocycles. The summed E-state index contributed by atoms with van der Waals surface area (Å²) in [6, 6.07) is 7.27. The van der Waals surface area contributed by atoms with E-state index in [9.17, 15) is 9.90 Å². The van der Waals surface area contributed by atoms with Gasteiger partial charge in [-0.25, -0.2) is 4.98 Å². The summed E-state index contributed by atoms with van der Waals surface area (Å²) in [5, 5.41) is 13.8. The molecule has 0 spiro atoms. The molecule has 2 rings (SSSR count). The number of aromatic amines is 1. The molecule has 0 saturated heterocycles. The van der Waals surface area contributed by atoms with Crippen LogP contribution in [-0.2, 0) is 6.54 Å². The number of aromatic nitrogens is 2. The van der Waals surface area contributed by atoms with Gasteiger partial charge in [0.1, 0.15) is 5.82 Å². The molecule has 1 unspecified atom stereocenters. The fourth-order valence-electron chi connectivity index (χ4n) is 2.56. The monoisotopic (exact) mass is 289 g/mol. The number of nitrogens with one attached hydrogen (secondary N) is 2. The van der Waals surface area contributed by atoms with E-state index in [4.69, 9.17) is 0 Å². The number of fused-ring (bicyclic) bond motifs is 1. The highest BCUT2D eigenvalue weighted by Gasteiger charge is 2.14. The van der Waals surface area contributed by atoms with E-state index in [1.807, 2.05) is 18.2 Å². The van der Waals surface area contributed by atoms with Gasteiger partial charge < -0.3 is 15.4 Å². The number of hydrogen-bond donors (Lipinski definition) is 3. The highest BCUT2D eigenvalue weighted by Crippen LogP contribution is 2.12. The fourth-order valence-corrected chi connectivity index (χ4v) is 2.56. The predicted molar refractivity (Wildman–Crippen MR) is 84.1 cm³/mol. The summed E-state index contributed by atoms with van der Waals surface area (Å²) in [6.45, 7) is 5.11. The van der Waals surface area contributed by atoms with E-state index in [1.54, 1.807) is 6.07 Å². The minimum Gasteiger partial charge on any atom is -0.392 e. The van der Waals surface area contributed by atoms with Crippen LogP contribution in [0.25, 0.3) is 10.9 Å². The maximum atomic E-state index is 11.9. The molecule has 21 heavy (non-hydrogen) atoms. The Kier molecular flexibility index (Phi) is 5.47. The molecule has 0 radical (unpaired) electrons. The average molecular weight is 289 g/mol. The van der Waals surface area contributed by atoms with Crippen LogP contribution in [0.1, 0.15) is 32.5 Å². The van der Waals surface area contributed by atoms with Crippen molar-refractivity contribution in [1.29, 1.82) is 0 Å². The van der Waals surface area contributed by atoms with Crippen molar-refractivity contribution in [2.75, 3.05) is 6.54 Å². The Balaban J connectivity index is 1.99. The molecule has 114 valence electrons. The average Bonchev–Trinajstić information content (AvgIpc) is 2.48. The molecule has 0 fully saturated rings. The zero-order valence-corrected chi connectivity index (χ0v) is 12.6. The van der Waals surface area contributed by atoms with Gasteiger partial charge in [-0.3, -0.25) is 4.79 Å². The Bertz CT molecular complexity index is 635. The molecule has 1 aromatic heterocycles. The van der Waals surface area contributed by atoms with Crippen LogP contribution in [0, 0.1) is 5.92 Å². The molecule has 1 atom stereocenters. The molecular formula is C16H23N3O2. The predicted octanol–water partition coefficient (Wildman–Crippen LogP) is 1.81. The summed E-state index contributed by atoms with van der Waals surface area (Å²) >= 11 is 0. The number of para-hydroxylation sites is 1. The van der Waals surface area contributed by atoms with Gasteiger partial charge in [0.15, 0.2) is 0 Å². The number of nitrogens with zero attached hydrogens (tertiary/aromatic N) is 1. The third kappa shape index (κ3) is 3.89. The Morgan fingerprint density at radius 3 is 2.71 bits per heavy atom. The molecule has 1 heterocycles. The van der Waals surface area contributed by atoms with Crippen LogP contribution in [0.15, 0.2) is 29.1 Å². The molecule has 1 aromatic carbocycles. The summed E-state index contributed by atoms with van der Waals surface area (Å²) in [5.41, 5.74) is 0.566.